The Bertz CT molecular complexity index is 558. The Hall–Kier alpha value is -1.40. The summed E-state index contributed by atoms with van der Waals surface area (Å²) in [6, 6.07) is 2.25. The average molecular weight is 286 g/mol. The lowest BCUT2D eigenvalue weighted by atomic mass is 10.2. The third-order valence-corrected chi connectivity index (χ3v) is 3.52. The summed E-state index contributed by atoms with van der Waals surface area (Å²) < 4.78 is 39.1. The van der Waals surface area contributed by atoms with Gasteiger partial charge >= 0.3 is 0 Å². The van der Waals surface area contributed by atoms with Gasteiger partial charge in [0.25, 0.3) is 0 Å². The fourth-order valence-electron chi connectivity index (χ4n) is 1.51. The van der Waals surface area contributed by atoms with Crippen LogP contribution in [0.5, 0.6) is 0 Å². The zero-order valence-electron chi connectivity index (χ0n) is 10.5. The molecule has 0 saturated heterocycles. The van der Waals surface area contributed by atoms with Gasteiger partial charge < -0.3 is 5.32 Å². The molecule has 19 heavy (non-hydrogen) atoms. The molecule has 1 N–H and O–H groups in total. The van der Waals surface area contributed by atoms with E-state index in [-0.39, 0.29) is 5.56 Å². The summed E-state index contributed by atoms with van der Waals surface area (Å²) in [5, 5.41) is 3.69. The SMILES string of the molecule is CC(C)NCc1cnc(-c2cc(F)c(F)c(F)c2)s1. The summed E-state index contributed by atoms with van der Waals surface area (Å²) in [5.41, 5.74) is 0.247. The highest BCUT2D eigenvalue weighted by Gasteiger charge is 2.13. The normalized spacial score (nSPS) is 11.3. The van der Waals surface area contributed by atoms with Crippen LogP contribution in [0, 0.1) is 17.5 Å². The molecule has 0 spiro atoms. The van der Waals surface area contributed by atoms with E-state index in [1.165, 1.54) is 11.3 Å². The molecule has 0 bridgehead atoms. The summed E-state index contributed by atoms with van der Waals surface area (Å²) in [4.78, 5) is 5.05. The summed E-state index contributed by atoms with van der Waals surface area (Å²) in [7, 11) is 0. The fourth-order valence-corrected chi connectivity index (χ4v) is 2.36. The van der Waals surface area contributed by atoms with Gasteiger partial charge in [-0.05, 0) is 12.1 Å². The smallest absolute Gasteiger partial charge is 0.194 e. The van der Waals surface area contributed by atoms with Gasteiger partial charge in [0.15, 0.2) is 17.5 Å². The number of nitrogens with zero attached hydrogens (tertiary/aromatic N) is 1. The van der Waals surface area contributed by atoms with E-state index in [1.54, 1.807) is 6.20 Å². The maximum absolute atomic E-state index is 13.1. The van der Waals surface area contributed by atoms with Gasteiger partial charge in [-0.2, -0.15) is 0 Å². The molecule has 0 radical (unpaired) electrons. The van der Waals surface area contributed by atoms with Crippen LogP contribution in [-0.4, -0.2) is 11.0 Å². The van der Waals surface area contributed by atoms with Crippen molar-refractivity contribution in [2.24, 2.45) is 0 Å². The molecule has 2 rings (SSSR count). The van der Waals surface area contributed by atoms with E-state index in [1.807, 2.05) is 13.8 Å². The minimum Gasteiger partial charge on any atom is -0.310 e. The predicted molar refractivity (Wildman–Crippen MR) is 69.4 cm³/mol. The molecule has 2 nitrogen and oxygen atoms in total. The van der Waals surface area contributed by atoms with E-state index in [0.29, 0.717) is 17.6 Å². The van der Waals surface area contributed by atoms with Crippen molar-refractivity contribution in [3.8, 4) is 10.6 Å². The average Bonchev–Trinajstić information content (AvgIpc) is 2.81. The Labute approximate surface area is 113 Å². The largest absolute Gasteiger partial charge is 0.310 e. The topological polar surface area (TPSA) is 24.9 Å². The Morgan fingerprint density at radius 2 is 1.84 bits per heavy atom. The highest BCUT2D eigenvalue weighted by molar-refractivity contribution is 7.15. The van der Waals surface area contributed by atoms with Crippen molar-refractivity contribution >= 4 is 11.3 Å². The second-order valence-corrected chi connectivity index (χ2v) is 5.54. The highest BCUT2D eigenvalue weighted by atomic mass is 32.1. The van der Waals surface area contributed by atoms with Crippen LogP contribution in [-0.2, 0) is 6.54 Å². The van der Waals surface area contributed by atoms with Crippen molar-refractivity contribution in [1.82, 2.24) is 10.3 Å². The van der Waals surface area contributed by atoms with E-state index in [4.69, 9.17) is 0 Å². The van der Waals surface area contributed by atoms with Crippen LogP contribution >= 0.6 is 11.3 Å². The Morgan fingerprint density at radius 3 is 2.42 bits per heavy atom. The summed E-state index contributed by atoms with van der Waals surface area (Å²) in [5.74, 6) is -3.86. The minimum absolute atomic E-state index is 0.247. The quantitative estimate of drug-likeness (QED) is 0.866. The van der Waals surface area contributed by atoms with E-state index in [2.05, 4.69) is 10.3 Å². The highest BCUT2D eigenvalue weighted by Crippen LogP contribution is 2.27. The lowest BCUT2D eigenvalue weighted by Gasteiger charge is -2.04. The molecule has 6 heteroatoms. The lowest BCUT2D eigenvalue weighted by Crippen LogP contribution is -2.21. The first-order chi connectivity index (χ1) is 8.97. The fraction of sp³-hybridized carbons (Fsp3) is 0.308. The number of aromatic nitrogens is 1. The number of thiazole rings is 1. The van der Waals surface area contributed by atoms with Crippen molar-refractivity contribution in [2.75, 3.05) is 0 Å². The summed E-state index contributed by atoms with van der Waals surface area (Å²) in [6.07, 6.45) is 1.65. The van der Waals surface area contributed by atoms with Crippen molar-refractivity contribution in [2.45, 2.75) is 26.4 Å². The first kappa shape index (κ1) is 14.0. The van der Waals surface area contributed by atoms with Crippen LogP contribution < -0.4 is 5.32 Å². The van der Waals surface area contributed by atoms with Crippen LogP contribution in [0.3, 0.4) is 0 Å². The molecule has 0 unspecified atom stereocenters. The predicted octanol–water partition coefficient (Wildman–Crippen LogP) is 3.73. The molecule has 0 aliphatic rings. The number of halogens is 3. The third-order valence-electron chi connectivity index (χ3n) is 2.47. The molecule has 1 aromatic carbocycles. The van der Waals surface area contributed by atoms with Crippen molar-refractivity contribution in [3.63, 3.8) is 0 Å². The number of hydrogen-bond donors (Lipinski definition) is 1. The van der Waals surface area contributed by atoms with E-state index >= 15 is 0 Å². The van der Waals surface area contributed by atoms with E-state index < -0.39 is 17.5 Å². The zero-order chi connectivity index (χ0) is 14.0. The first-order valence-corrected chi connectivity index (χ1v) is 6.62. The molecule has 0 saturated carbocycles. The van der Waals surface area contributed by atoms with Crippen LogP contribution in [0.1, 0.15) is 18.7 Å². The Kier molecular flexibility index (Phi) is 4.21. The van der Waals surface area contributed by atoms with Gasteiger partial charge in [-0.3, -0.25) is 0 Å². The van der Waals surface area contributed by atoms with Gasteiger partial charge in [-0.1, -0.05) is 13.8 Å². The van der Waals surface area contributed by atoms with Gasteiger partial charge in [0.1, 0.15) is 5.01 Å². The summed E-state index contributed by atoms with van der Waals surface area (Å²) >= 11 is 1.32. The van der Waals surface area contributed by atoms with E-state index in [0.717, 1.165) is 17.0 Å². The molecule has 0 fully saturated rings. The Morgan fingerprint density at radius 1 is 1.21 bits per heavy atom. The molecule has 1 aromatic heterocycles. The molecule has 0 atom stereocenters. The van der Waals surface area contributed by atoms with Gasteiger partial charge in [-0.15, -0.1) is 11.3 Å². The van der Waals surface area contributed by atoms with Gasteiger partial charge in [0, 0.05) is 29.2 Å². The molecule has 1 heterocycles. The van der Waals surface area contributed by atoms with Gasteiger partial charge in [-0.25, -0.2) is 18.2 Å². The van der Waals surface area contributed by atoms with Gasteiger partial charge in [0.05, 0.1) is 0 Å². The van der Waals surface area contributed by atoms with Crippen LogP contribution in [0.4, 0.5) is 13.2 Å². The van der Waals surface area contributed by atoms with Crippen LogP contribution in [0.15, 0.2) is 18.3 Å². The molecule has 2 aromatic rings. The number of nitrogens with one attached hydrogen (secondary N) is 1. The maximum atomic E-state index is 13.1. The van der Waals surface area contributed by atoms with Crippen LogP contribution in [0.25, 0.3) is 10.6 Å². The molecule has 0 amide bonds. The molecular weight excluding hydrogens is 273 g/mol. The number of rotatable bonds is 4. The zero-order valence-corrected chi connectivity index (χ0v) is 11.3. The second-order valence-electron chi connectivity index (χ2n) is 4.42. The van der Waals surface area contributed by atoms with Crippen molar-refractivity contribution < 1.29 is 13.2 Å². The Balaban J connectivity index is 2.23. The minimum atomic E-state index is -1.46. The number of benzene rings is 1. The monoisotopic (exact) mass is 286 g/mol. The molecule has 102 valence electrons. The maximum Gasteiger partial charge on any atom is 0.194 e. The van der Waals surface area contributed by atoms with E-state index in [9.17, 15) is 13.2 Å². The number of hydrogen-bond acceptors (Lipinski definition) is 3. The van der Waals surface area contributed by atoms with Gasteiger partial charge in [0.2, 0.25) is 0 Å². The second kappa shape index (κ2) is 5.71. The molecule has 0 aliphatic carbocycles. The standard InChI is InChI=1S/C13H13F3N2S/c1-7(2)17-5-9-6-18-13(19-9)8-3-10(14)12(16)11(15)4-8/h3-4,6-7,17H,5H2,1-2H3. The molecular formula is C13H13F3N2S. The molecule has 0 aliphatic heterocycles. The first-order valence-electron chi connectivity index (χ1n) is 5.80. The van der Waals surface area contributed by atoms with Crippen molar-refractivity contribution in [1.29, 1.82) is 0 Å². The van der Waals surface area contributed by atoms with Crippen LogP contribution in [0.2, 0.25) is 0 Å². The lowest BCUT2D eigenvalue weighted by molar-refractivity contribution is 0.447. The third kappa shape index (κ3) is 3.33. The summed E-state index contributed by atoms with van der Waals surface area (Å²) in [6.45, 7) is 4.68. The van der Waals surface area contributed by atoms with Crippen molar-refractivity contribution in [3.05, 3.63) is 40.7 Å².